The minimum atomic E-state index is -0.872. The molecule has 2 amide bonds. The van der Waals surface area contributed by atoms with Crippen LogP contribution in [0.4, 0.5) is 15.3 Å². The van der Waals surface area contributed by atoms with Crippen molar-refractivity contribution in [1.82, 2.24) is 10.2 Å². The van der Waals surface area contributed by atoms with E-state index in [2.05, 4.69) is 47.0 Å². The number of amides is 2. The first-order chi connectivity index (χ1) is 23.2. The van der Waals surface area contributed by atoms with E-state index in [-0.39, 0.29) is 25.0 Å². The fraction of sp³-hybridized carbons (Fsp3) is 0.475. The third-order valence-corrected chi connectivity index (χ3v) is 8.39. The molecule has 9 nitrogen and oxygen atoms in total. The van der Waals surface area contributed by atoms with E-state index in [0.717, 1.165) is 24.1 Å². The molecule has 1 heterocycles. The molecule has 1 fully saturated rings. The lowest BCUT2D eigenvalue weighted by molar-refractivity contribution is -0.145. The highest BCUT2D eigenvalue weighted by atomic mass is 16.6. The maximum atomic E-state index is 12.8. The molecule has 264 valence electrons. The number of nitrogens with one attached hydrogen (secondary N) is 2. The van der Waals surface area contributed by atoms with Crippen molar-refractivity contribution in [1.29, 1.82) is 0 Å². The van der Waals surface area contributed by atoms with Gasteiger partial charge < -0.3 is 29.7 Å². The fourth-order valence-corrected chi connectivity index (χ4v) is 6.03. The summed E-state index contributed by atoms with van der Waals surface area (Å²) >= 11 is 0. The fourth-order valence-electron chi connectivity index (χ4n) is 6.03. The number of benzene rings is 3. The molecule has 0 spiro atoms. The van der Waals surface area contributed by atoms with Crippen LogP contribution in [-0.4, -0.2) is 66.5 Å². The summed E-state index contributed by atoms with van der Waals surface area (Å²) in [5.74, 6) is 0.0863. The standard InChI is InChI=1S/C40H53N3O6/c1-8-47-36(44)35(42-37(45)48-39(2,3)4)26-28-14-20-33(21-15-28)41-27-34(31-18-16-30(17-19-31)29-12-10-9-11-13-29)32-22-24-43(25-23-32)38(46)49-40(5,6)7/h9-21,32,34-35,41H,8,22-27H2,1-7H3,(H,42,45)/t34-,35-/m0/s1. The Labute approximate surface area is 291 Å². The number of likely N-dealkylation sites (tertiary alicyclic amines) is 1. The Kier molecular flexibility index (Phi) is 12.7. The summed E-state index contributed by atoms with van der Waals surface area (Å²) < 4.78 is 16.2. The highest BCUT2D eigenvalue weighted by Crippen LogP contribution is 2.35. The van der Waals surface area contributed by atoms with E-state index < -0.39 is 29.3 Å². The highest BCUT2D eigenvalue weighted by molar-refractivity contribution is 5.81. The number of esters is 1. The average molecular weight is 672 g/mol. The Balaban J connectivity index is 1.45. The monoisotopic (exact) mass is 671 g/mol. The van der Waals surface area contributed by atoms with Crippen molar-refractivity contribution in [2.75, 3.05) is 31.6 Å². The number of piperidine rings is 1. The zero-order valence-corrected chi connectivity index (χ0v) is 30.1. The quantitative estimate of drug-likeness (QED) is 0.156. The molecule has 0 unspecified atom stereocenters. The van der Waals surface area contributed by atoms with Crippen LogP contribution in [0.5, 0.6) is 0 Å². The van der Waals surface area contributed by atoms with Gasteiger partial charge in [0, 0.05) is 37.7 Å². The Bertz CT molecular complexity index is 1500. The van der Waals surface area contributed by atoms with Gasteiger partial charge in [-0.2, -0.15) is 0 Å². The minimum Gasteiger partial charge on any atom is -0.464 e. The van der Waals surface area contributed by atoms with Gasteiger partial charge in [-0.3, -0.25) is 0 Å². The number of nitrogens with zero attached hydrogens (tertiary/aromatic N) is 1. The van der Waals surface area contributed by atoms with Crippen LogP contribution >= 0.6 is 0 Å². The van der Waals surface area contributed by atoms with Gasteiger partial charge >= 0.3 is 18.2 Å². The van der Waals surface area contributed by atoms with Crippen LogP contribution in [0, 0.1) is 5.92 Å². The van der Waals surface area contributed by atoms with E-state index >= 15 is 0 Å². The zero-order valence-electron chi connectivity index (χ0n) is 30.1. The number of alkyl carbamates (subject to hydrolysis) is 1. The van der Waals surface area contributed by atoms with Gasteiger partial charge in [0.1, 0.15) is 17.2 Å². The second kappa shape index (κ2) is 16.7. The van der Waals surface area contributed by atoms with Gasteiger partial charge in [-0.25, -0.2) is 14.4 Å². The Morgan fingerprint density at radius 2 is 1.39 bits per heavy atom. The van der Waals surface area contributed by atoms with Crippen LogP contribution in [0.25, 0.3) is 11.1 Å². The summed E-state index contributed by atoms with van der Waals surface area (Å²) in [6.07, 6.45) is 1.11. The molecule has 0 aromatic heterocycles. The molecule has 0 bridgehead atoms. The molecule has 9 heteroatoms. The molecule has 49 heavy (non-hydrogen) atoms. The third-order valence-electron chi connectivity index (χ3n) is 8.39. The summed E-state index contributed by atoms with van der Waals surface area (Å²) in [4.78, 5) is 39.7. The van der Waals surface area contributed by atoms with Crippen molar-refractivity contribution in [2.24, 2.45) is 5.92 Å². The molecule has 1 aliphatic rings. The van der Waals surface area contributed by atoms with E-state index in [1.807, 2.05) is 68.1 Å². The normalized spacial score (nSPS) is 15.1. The number of carbonyl (C=O) groups is 3. The largest absolute Gasteiger partial charge is 0.464 e. The molecule has 3 aromatic rings. The highest BCUT2D eigenvalue weighted by Gasteiger charge is 2.32. The van der Waals surface area contributed by atoms with E-state index in [9.17, 15) is 14.4 Å². The van der Waals surface area contributed by atoms with Crippen molar-refractivity contribution < 1.29 is 28.6 Å². The van der Waals surface area contributed by atoms with Crippen molar-refractivity contribution >= 4 is 23.8 Å². The lowest BCUT2D eigenvalue weighted by Gasteiger charge is -2.37. The maximum Gasteiger partial charge on any atom is 0.410 e. The molecule has 2 N–H and O–H groups in total. The SMILES string of the molecule is CCOC(=O)[C@H](Cc1ccc(NC[C@@H](c2ccc(-c3ccccc3)cc2)C2CCN(C(=O)OC(C)(C)C)CC2)cc1)NC(=O)OC(C)(C)C. The molecule has 0 saturated carbocycles. The van der Waals surface area contributed by atoms with Crippen LogP contribution in [0.2, 0.25) is 0 Å². The summed E-state index contributed by atoms with van der Waals surface area (Å²) in [7, 11) is 0. The van der Waals surface area contributed by atoms with Crippen LogP contribution in [-0.2, 0) is 25.4 Å². The lowest BCUT2D eigenvalue weighted by Crippen LogP contribution is -2.45. The molecule has 2 atom stereocenters. The number of carbonyl (C=O) groups excluding carboxylic acids is 3. The molecular formula is C40H53N3O6. The van der Waals surface area contributed by atoms with Crippen LogP contribution in [0.15, 0.2) is 78.9 Å². The zero-order chi connectivity index (χ0) is 35.6. The van der Waals surface area contributed by atoms with Crippen LogP contribution in [0.1, 0.15) is 78.4 Å². The van der Waals surface area contributed by atoms with Crippen LogP contribution in [0.3, 0.4) is 0 Å². The van der Waals surface area contributed by atoms with E-state index in [1.54, 1.807) is 27.7 Å². The third kappa shape index (κ3) is 11.8. The van der Waals surface area contributed by atoms with Crippen molar-refractivity contribution in [3.05, 3.63) is 90.0 Å². The van der Waals surface area contributed by atoms with Gasteiger partial charge in [0.05, 0.1) is 6.61 Å². The predicted molar refractivity (Wildman–Crippen MR) is 194 cm³/mol. The minimum absolute atomic E-state index is 0.213. The summed E-state index contributed by atoms with van der Waals surface area (Å²) in [5.41, 5.74) is 4.23. The topological polar surface area (TPSA) is 106 Å². The van der Waals surface area contributed by atoms with Crippen LogP contribution < -0.4 is 10.6 Å². The van der Waals surface area contributed by atoms with Gasteiger partial charge in [0.2, 0.25) is 0 Å². The number of hydrogen-bond donors (Lipinski definition) is 2. The van der Waals surface area contributed by atoms with E-state index in [0.29, 0.717) is 25.6 Å². The molecule has 0 aliphatic carbocycles. The van der Waals surface area contributed by atoms with E-state index in [1.165, 1.54) is 16.7 Å². The van der Waals surface area contributed by atoms with Gasteiger partial charge in [-0.05, 0) is 102 Å². The molecule has 3 aromatic carbocycles. The first kappa shape index (κ1) is 37.3. The average Bonchev–Trinajstić information content (AvgIpc) is 3.05. The smallest absolute Gasteiger partial charge is 0.410 e. The molecule has 1 aliphatic heterocycles. The predicted octanol–water partition coefficient (Wildman–Crippen LogP) is 8.20. The lowest BCUT2D eigenvalue weighted by atomic mass is 9.79. The maximum absolute atomic E-state index is 12.8. The number of hydrogen-bond acceptors (Lipinski definition) is 7. The van der Waals surface area contributed by atoms with Gasteiger partial charge in [0.25, 0.3) is 0 Å². The van der Waals surface area contributed by atoms with Gasteiger partial charge in [0.15, 0.2) is 0 Å². The van der Waals surface area contributed by atoms with Gasteiger partial charge in [-0.1, -0.05) is 66.7 Å². The summed E-state index contributed by atoms with van der Waals surface area (Å²) in [6.45, 7) is 15.0. The van der Waals surface area contributed by atoms with Crippen molar-refractivity contribution in [2.45, 2.75) is 90.9 Å². The van der Waals surface area contributed by atoms with E-state index in [4.69, 9.17) is 14.2 Å². The van der Waals surface area contributed by atoms with Crippen molar-refractivity contribution in [3.63, 3.8) is 0 Å². The Morgan fingerprint density at radius 1 is 0.796 bits per heavy atom. The molecular weight excluding hydrogens is 618 g/mol. The summed E-state index contributed by atoms with van der Waals surface area (Å²) in [5, 5.41) is 6.31. The number of rotatable bonds is 11. The number of ether oxygens (including phenoxy) is 3. The first-order valence-electron chi connectivity index (χ1n) is 17.3. The van der Waals surface area contributed by atoms with Crippen molar-refractivity contribution in [3.8, 4) is 11.1 Å². The second-order valence-electron chi connectivity index (χ2n) is 14.6. The molecule has 1 saturated heterocycles. The first-order valence-corrected chi connectivity index (χ1v) is 17.3. The molecule has 4 rings (SSSR count). The Hall–Kier alpha value is -4.53. The second-order valence-corrected chi connectivity index (χ2v) is 14.6. The van der Waals surface area contributed by atoms with Gasteiger partial charge in [-0.15, -0.1) is 0 Å². The molecule has 0 radical (unpaired) electrons. The summed E-state index contributed by atoms with van der Waals surface area (Å²) in [6, 6.07) is 26.2. The Morgan fingerprint density at radius 3 is 1.96 bits per heavy atom. The number of anilines is 1.